The van der Waals surface area contributed by atoms with Gasteiger partial charge in [0.15, 0.2) is 0 Å². The minimum absolute atomic E-state index is 0.113. The molecule has 2 aromatic rings. The van der Waals surface area contributed by atoms with Crippen molar-refractivity contribution in [2.75, 3.05) is 20.6 Å². The van der Waals surface area contributed by atoms with Gasteiger partial charge in [-0.25, -0.2) is 0 Å². The number of rotatable bonds is 8. The highest BCUT2D eigenvalue weighted by molar-refractivity contribution is 5.96. The van der Waals surface area contributed by atoms with Gasteiger partial charge < -0.3 is 25.6 Å². The Morgan fingerprint density at radius 3 is 2.37 bits per heavy atom. The van der Waals surface area contributed by atoms with E-state index in [0.29, 0.717) is 18.6 Å². The minimum Gasteiger partial charge on any atom is -0.488 e. The van der Waals surface area contributed by atoms with E-state index in [1.807, 2.05) is 56.3 Å². The number of carbonyl (C=O) groups is 4. The van der Waals surface area contributed by atoms with Gasteiger partial charge >= 0.3 is 0 Å². The first-order chi connectivity index (χ1) is 20.5. The fraction of sp³-hybridized carbons (Fsp3) is 0.455. The van der Waals surface area contributed by atoms with Gasteiger partial charge in [-0.3, -0.25) is 24.1 Å². The van der Waals surface area contributed by atoms with Gasteiger partial charge in [0.1, 0.15) is 30.0 Å². The lowest BCUT2D eigenvalue weighted by molar-refractivity contribution is -0.144. The Morgan fingerprint density at radius 1 is 1.02 bits per heavy atom. The molecule has 43 heavy (non-hydrogen) atoms. The maximum absolute atomic E-state index is 14.1. The van der Waals surface area contributed by atoms with Crippen LogP contribution < -0.4 is 20.7 Å². The van der Waals surface area contributed by atoms with Crippen molar-refractivity contribution in [1.82, 2.24) is 25.8 Å². The molecule has 0 radical (unpaired) electrons. The highest BCUT2D eigenvalue weighted by Gasteiger charge is 2.46. The molecule has 3 aliphatic heterocycles. The van der Waals surface area contributed by atoms with Crippen molar-refractivity contribution in [2.24, 2.45) is 5.92 Å². The van der Waals surface area contributed by atoms with E-state index in [1.165, 1.54) is 4.90 Å². The van der Waals surface area contributed by atoms with Crippen LogP contribution in [0.3, 0.4) is 0 Å². The van der Waals surface area contributed by atoms with Gasteiger partial charge in [-0.15, -0.1) is 0 Å². The maximum atomic E-state index is 14.1. The zero-order valence-electron chi connectivity index (χ0n) is 25.6. The molecule has 10 heteroatoms. The molecule has 3 heterocycles. The number of likely N-dealkylation sites (tertiary alicyclic amines) is 1. The number of carbonyl (C=O) groups excluding carboxylic acids is 4. The summed E-state index contributed by atoms with van der Waals surface area (Å²) >= 11 is 0. The summed E-state index contributed by atoms with van der Waals surface area (Å²) < 4.78 is 6.31. The Morgan fingerprint density at radius 2 is 1.72 bits per heavy atom. The molecule has 0 aliphatic carbocycles. The van der Waals surface area contributed by atoms with Crippen molar-refractivity contribution in [3.8, 4) is 5.75 Å². The van der Waals surface area contributed by atoms with Crippen LogP contribution in [0, 0.1) is 5.92 Å². The van der Waals surface area contributed by atoms with E-state index >= 15 is 0 Å². The van der Waals surface area contributed by atoms with E-state index < -0.39 is 36.2 Å². The van der Waals surface area contributed by atoms with Gasteiger partial charge in [-0.05, 0) is 62.7 Å². The molecule has 3 aliphatic rings. The number of benzene rings is 2. The third-order valence-corrected chi connectivity index (χ3v) is 7.95. The molecule has 5 rings (SSSR count). The zero-order valence-corrected chi connectivity index (χ0v) is 25.6. The Kier molecular flexibility index (Phi) is 10.6. The van der Waals surface area contributed by atoms with Crippen molar-refractivity contribution < 1.29 is 23.9 Å². The number of fused-ring (bicyclic) bond motifs is 7. The molecular weight excluding hydrogens is 546 g/mol. The monoisotopic (exact) mass is 589 g/mol. The Balaban J connectivity index is 1.67. The van der Waals surface area contributed by atoms with Crippen LogP contribution in [0.1, 0.15) is 44.7 Å². The van der Waals surface area contributed by atoms with Crippen LogP contribution in [0.25, 0.3) is 6.08 Å². The molecule has 5 atom stereocenters. The summed E-state index contributed by atoms with van der Waals surface area (Å²) in [6.45, 7) is 6.01. The predicted octanol–water partition coefficient (Wildman–Crippen LogP) is 2.34. The second-order valence-corrected chi connectivity index (χ2v) is 11.9. The Labute approximate surface area is 253 Å². The van der Waals surface area contributed by atoms with E-state index in [1.54, 1.807) is 50.3 Å². The van der Waals surface area contributed by atoms with E-state index in [-0.39, 0.29) is 36.6 Å². The average Bonchev–Trinajstić information content (AvgIpc) is 3.39. The van der Waals surface area contributed by atoms with Crippen LogP contribution in [0.15, 0.2) is 60.8 Å². The van der Waals surface area contributed by atoms with Gasteiger partial charge in [0.05, 0.1) is 6.04 Å². The zero-order chi connectivity index (χ0) is 31.1. The van der Waals surface area contributed by atoms with E-state index in [9.17, 15) is 19.2 Å². The maximum Gasteiger partial charge on any atom is 0.247 e. The molecule has 1 saturated heterocycles. The van der Waals surface area contributed by atoms with Gasteiger partial charge in [-0.2, -0.15) is 0 Å². The number of amides is 4. The lowest BCUT2D eigenvalue weighted by Gasteiger charge is -2.33. The molecule has 230 valence electrons. The molecular formula is C33H43N5O5. The lowest BCUT2D eigenvalue weighted by Crippen LogP contribution is -2.60. The summed E-state index contributed by atoms with van der Waals surface area (Å²) in [5, 5.41) is 8.64. The molecule has 3 N–H and O–H groups in total. The van der Waals surface area contributed by atoms with Crippen LogP contribution in [0.4, 0.5) is 0 Å². The summed E-state index contributed by atoms with van der Waals surface area (Å²) in [5.41, 5.74) is 1.75. The van der Waals surface area contributed by atoms with Crippen molar-refractivity contribution in [2.45, 2.75) is 70.3 Å². The molecule has 5 unspecified atom stereocenters. The first kappa shape index (κ1) is 31.7. The fourth-order valence-electron chi connectivity index (χ4n) is 5.33. The molecule has 10 nitrogen and oxygen atoms in total. The highest BCUT2D eigenvalue weighted by atomic mass is 16.5. The quantitative estimate of drug-likeness (QED) is 0.435. The molecule has 0 saturated carbocycles. The molecule has 0 aromatic heterocycles. The summed E-state index contributed by atoms with van der Waals surface area (Å²) in [5.74, 6) is -0.786. The average molecular weight is 590 g/mol. The van der Waals surface area contributed by atoms with Crippen LogP contribution in [-0.2, 0) is 25.6 Å². The van der Waals surface area contributed by atoms with Gasteiger partial charge in [0.2, 0.25) is 23.6 Å². The number of likely N-dealkylation sites (N-methyl/N-ethyl adjacent to an activating group) is 1. The molecule has 1 fully saturated rings. The van der Waals surface area contributed by atoms with E-state index in [0.717, 1.165) is 11.1 Å². The van der Waals surface area contributed by atoms with Gasteiger partial charge in [0, 0.05) is 25.6 Å². The van der Waals surface area contributed by atoms with Gasteiger partial charge in [-0.1, -0.05) is 56.3 Å². The normalized spacial score (nSPS) is 21.8. The number of nitrogens with zero attached hydrogens (tertiary/aromatic N) is 2. The molecule has 2 bridgehead atoms. The SMILES string of the molecule is CC(C)CC(NC(=O)C(C)N(C)C)C(=O)N1CCC2Oc3ccc(cc3)C=CNC(=O)C(Cc3ccccc3)NC(=O)C21. The third kappa shape index (κ3) is 8.22. The van der Waals surface area contributed by atoms with Crippen molar-refractivity contribution >= 4 is 29.7 Å². The molecule has 0 spiro atoms. The molecule has 2 aromatic carbocycles. The second-order valence-electron chi connectivity index (χ2n) is 11.9. The van der Waals surface area contributed by atoms with Crippen LogP contribution in [-0.4, -0.2) is 84.3 Å². The van der Waals surface area contributed by atoms with E-state index in [2.05, 4.69) is 16.0 Å². The number of hydrogen-bond donors (Lipinski definition) is 3. The Hall–Kier alpha value is -4.18. The summed E-state index contributed by atoms with van der Waals surface area (Å²) in [6.07, 6.45) is 3.76. The number of nitrogens with one attached hydrogen (secondary N) is 3. The largest absolute Gasteiger partial charge is 0.488 e. The third-order valence-electron chi connectivity index (χ3n) is 7.95. The highest BCUT2D eigenvalue weighted by Crippen LogP contribution is 2.27. The predicted molar refractivity (Wildman–Crippen MR) is 165 cm³/mol. The topological polar surface area (TPSA) is 120 Å². The van der Waals surface area contributed by atoms with E-state index in [4.69, 9.17) is 4.74 Å². The smallest absolute Gasteiger partial charge is 0.247 e. The summed E-state index contributed by atoms with van der Waals surface area (Å²) in [7, 11) is 3.60. The minimum atomic E-state index is -1.01. The summed E-state index contributed by atoms with van der Waals surface area (Å²) in [6, 6.07) is 13.6. The standard InChI is InChI=1S/C33H43N5O5/c1-21(2)19-27(36-30(39)22(3)37(4)5)33(42)38-18-16-28-29(38)32(41)35-26(20-24-9-7-6-8-10-24)31(40)34-17-15-23-11-13-25(43-28)14-12-23/h6-15,17,21-22,26-29H,16,18-20H2,1-5H3,(H,34,40)(H,35,41)(H,36,39). The fourth-order valence-corrected chi connectivity index (χ4v) is 5.33. The summed E-state index contributed by atoms with van der Waals surface area (Å²) in [4.78, 5) is 57.8. The molecule has 4 amide bonds. The van der Waals surface area contributed by atoms with Crippen molar-refractivity contribution in [3.63, 3.8) is 0 Å². The van der Waals surface area contributed by atoms with Crippen LogP contribution >= 0.6 is 0 Å². The Bertz CT molecular complexity index is 1310. The van der Waals surface area contributed by atoms with Crippen LogP contribution in [0.5, 0.6) is 5.75 Å². The second kappa shape index (κ2) is 14.3. The number of hydrogen-bond acceptors (Lipinski definition) is 6. The first-order valence-electron chi connectivity index (χ1n) is 14.9. The first-order valence-corrected chi connectivity index (χ1v) is 14.9. The number of ether oxygens (including phenoxy) is 1. The van der Waals surface area contributed by atoms with Crippen molar-refractivity contribution in [1.29, 1.82) is 0 Å². The van der Waals surface area contributed by atoms with Crippen LogP contribution in [0.2, 0.25) is 0 Å². The van der Waals surface area contributed by atoms with Gasteiger partial charge in [0.25, 0.3) is 0 Å². The lowest BCUT2D eigenvalue weighted by atomic mass is 10.0. The van der Waals surface area contributed by atoms with Crippen molar-refractivity contribution in [3.05, 3.63) is 71.9 Å².